The molecule has 0 spiro atoms. The Labute approximate surface area is 154 Å². The minimum absolute atomic E-state index is 0.0860. The second-order valence-corrected chi connectivity index (χ2v) is 6.78. The van der Waals surface area contributed by atoms with E-state index >= 15 is 0 Å². The van der Waals surface area contributed by atoms with Crippen molar-refractivity contribution in [3.63, 3.8) is 0 Å². The summed E-state index contributed by atoms with van der Waals surface area (Å²) in [5.41, 5.74) is 3.66. The molecule has 0 aliphatic carbocycles. The van der Waals surface area contributed by atoms with E-state index in [0.29, 0.717) is 18.1 Å². The zero-order valence-corrected chi connectivity index (χ0v) is 15.2. The average molecular weight is 355 g/mol. The third-order valence-electron chi connectivity index (χ3n) is 4.61. The zero-order chi connectivity index (χ0) is 17.6. The van der Waals surface area contributed by atoms with Crippen LogP contribution in [0.25, 0.3) is 5.57 Å². The third-order valence-corrected chi connectivity index (χ3v) is 4.85. The summed E-state index contributed by atoms with van der Waals surface area (Å²) in [4.78, 5) is 14.4. The predicted octanol–water partition coefficient (Wildman–Crippen LogP) is 4.31. The van der Waals surface area contributed by atoms with Gasteiger partial charge in [0.05, 0.1) is 6.54 Å². The first-order chi connectivity index (χ1) is 12.1. The molecule has 25 heavy (non-hydrogen) atoms. The molecule has 1 N–H and O–H groups in total. The van der Waals surface area contributed by atoms with Crippen LogP contribution in [0.15, 0.2) is 60.7 Å². The number of benzene rings is 2. The van der Waals surface area contributed by atoms with Gasteiger partial charge in [0.25, 0.3) is 0 Å². The Hall–Kier alpha value is -2.10. The van der Waals surface area contributed by atoms with E-state index in [-0.39, 0.29) is 11.9 Å². The Kier molecular flexibility index (Phi) is 5.90. The Bertz CT molecular complexity index is 758. The number of nitrogens with zero attached hydrogens (tertiary/aromatic N) is 1. The van der Waals surface area contributed by atoms with Crippen LogP contribution in [0.5, 0.6) is 0 Å². The fourth-order valence-electron chi connectivity index (χ4n) is 3.06. The lowest BCUT2D eigenvalue weighted by molar-refractivity contribution is -0.129. The molecular weight excluding hydrogens is 332 g/mol. The predicted molar refractivity (Wildman–Crippen MR) is 103 cm³/mol. The molecule has 0 saturated carbocycles. The van der Waals surface area contributed by atoms with Gasteiger partial charge in [0, 0.05) is 24.2 Å². The molecule has 1 amide bonds. The maximum Gasteiger partial charge on any atom is 0.236 e. The van der Waals surface area contributed by atoms with Gasteiger partial charge >= 0.3 is 0 Å². The van der Waals surface area contributed by atoms with Gasteiger partial charge in [-0.15, -0.1) is 0 Å². The number of amides is 1. The standard InChI is InChI=1S/C21H23ClN2O/c1-16(19-8-5-9-20(22)14-19)23-15-21(25)24-12-10-18(11-13-24)17-6-3-2-4-7-17/h2-10,14,16,23H,11-13,15H2,1H3/t16-/m1/s1. The van der Waals surface area contributed by atoms with Gasteiger partial charge in [0.15, 0.2) is 0 Å². The van der Waals surface area contributed by atoms with E-state index in [9.17, 15) is 4.79 Å². The summed E-state index contributed by atoms with van der Waals surface area (Å²) in [5.74, 6) is 0.136. The van der Waals surface area contributed by atoms with Gasteiger partial charge < -0.3 is 10.2 Å². The second kappa shape index (κ2) is 8.32. The molecule has 3 rings (SSSR count). The van der Waals surface area contributed by atoms with E-state index in [1.807, 2.05) is 42.2 Å². The van der Waals surface area contributed by atoms with Gasteiger partial charge in [0.2, 0.25) is 5.91 Å². The number of carbonyl (C=O) groups is 1. The average Bonchev–Trinajstić information content (AvgIpc) is 2.66. The summed E-state index contributed by atoms with van der Waals surface area (Å²) in [6.45, 7) is 3.83. The van der Waals surface area contributed by atoms with Crippen LogP contribution in [-0.2, 0) is 4.79 Å². The van der Waals surface area contributed by atoms with E-state index in [2.05, 4.69) is 35.7 Å². The lowest BCUT2D eigenvalue weighted by Gasteiger charge is -2.27. The lowest BCUT2D eigenvalue weighted by atomic mass is 9.99. The Morgan fingerprint density at radius 1 is 1.20 bits per heavy atom. The van der Waals surface area contributed by atoms with E-state index in [1.165, 1.54) is 11.1 Å². The number of rotatable bonds is 5. The number of nitrogens with one attached hydrogen (secondary N) is 1. The minimum atomic E-state index is 0.0860. The van der Waals surface area contributed by atoms with Crippen LogP contribution >= 0.6 is 11.6 Å². The molecule has 0 unspecified atom stereocenters. The molecule has 0 bridgehead atoms. The molecule has 1 heterocycles. The summed E-state index contributed by atoms with van der Waals surface area (Å²) < 4.78 is 0. The van der Waals surface area contributed by atoms with Gasteiger partial charge in [-0.05, 0) is 42.2 Å². The van der Waals surface area contributed by atoms with Gasteiger partial charge in [-0.25, -0.2) is 0 Å². The van der Waals surface area contributed by atoms with E-state index in [0.717, 1.165) is 18.5 Å². The van der Waals surface area contributed by atoms with Gasteiger partial charge in [-0.3, -0.25) is 4.79 Å². The molecule has 0 fully saturated rings. The number of hydrogen-bond donors (Lipinski definition) is 1. The highest BCUT2D eigenvalue weighted by molar-refractivity contribution is 6.30. The van der Waals surface area contributed by atoms with Crippen LogP contribution in [0.3, 0.4) is 0 Å². The first-order valence-corrected chi connectivity index (χ1v) is 9.02. The molecule has 0 saturated heterocycles. The van der Waals surface area contributed by atoms with E-state index in [1.54, 1.807) is 0 Å². The fourth-order valence-corrected chi connectivity index (χ4v) is 3.25. The van der Waals surface area contributed by atoms with Crippen molar-refractivity contribution in [3.8, 4) is 0 Å². The van der Waals surface area contributed by atoms with Crippen molar-refractivity contribution >= 4 is 23.1 Å². The first kappa shape index (κ1) is 17.7. The molecule has 0 aromatic heterocycles. The molecule has 1 atom stereocenters. The van der Waals surface area contributed by atoms with Gasteiger partial charge in [-0.2, -0.15) is 0 Å². The summed E-state index contributed by atoms with van der Waals surface area (Å²) in [6.07, 6.45) is 3.07. The van der Waals surface area contributed by atoms with Crippen LogP contribution < -0.4 is 5.32 Å². The molecule has 1 aliphatic rings. The molecule has 2 aromatic carbocycles. The minimum Gasteiger partial charge on any atom is -0.338 e. The SMILES string of the molecule is C[C@@H](NCC(=O)N1CC=C(c2ccccc2)CC1)c1cccc(Cl)c1. The maximum atomic E-state index is 12.5. The second-order valence-electron chi connectivity index (χ2n) is 6.34. The fraction of sp³-hybridized carbons (Fsp3) is 0.286. The summed E-state index contributed by atoms with van der Waals surface area (Å²) in [6, 6.07) is 18.2. The number of halogens is 1. The summed E-state index contributed by atoms with van der Waals surface area (Å²) in [5, 5.41) is 4.01. The molecule has 130 valence electrons. The van der Waals surface area contributed by atoms with Crippen molar-refractivity contribution in [2.45, 2.75) is 19.4 Å². The molecule has 1 aliphatic heterocycles. The molecule has 3 nitrogen and oxygen atoms in total. The van der Waals surface area contributed by atoms with Crippen molar-refractivity contribution in [2.24, 2.45) is 0 Å². The number of carbonyl (C=O) groups excluding carboxylic acids is 1. The van der Waals surface area contributed by atoms with E-state index < -0.39 is 0 Å². The van der Waals surface area contributed by atoms with Crippen LogP contribution in [0, 0.1) is 0 Å². The molecule has 4 heteroatoms. The van der Waals surface area contributed by atoms with Crippen molar-refractivity contribution in [1.82, 2.24) is 10.2 Å². The smallest absolute Gasteiger partial charge is 0.236 e. The summed E-state index contributed by atoms with van der Waals surface area (Å²) >= 11 is 6.03. The molecular formula is C21H23ClN2O. The maximum absolute atomic E-state index is 12.5. The van der Waals surface area contributed by atoms with Crippen molar-refractivity contribution in [3.05, 3.63) is 76.8 Å². The monoisotopic (exact) mass is 354 g/mol. The topological polar surface area (TPSA) is 32.3 Å². The largest absolute Gasteiger partial charge is 0.338 e. The molecule has 0 radical (unpaired) electrons. The Balaban J connectivity index is 1.52. The molecule has 2 aromatic rings. The lowest BCUT2D eigenvalue weighted by Crippen LogP contribution is -2.41. The quantitative estimate of drug-likeness (QED) is 0.867. The van der Waals surface area contributed by atoms with Crippen LogP contribution in [-0.4, -0.2) is 30.4 Å². The van der Waals surface area contributed by atoms with Crippen molar-refractivity contribution in [2.75, 3.05) is 19.6 Å². The Morgan fingerprint density at radius 2 is 2.00 bits per heavy atom. The van der Waals surface area contributed by atoms with E-state index in [4.69, 9.17) is 11.6 Å². The number of hydrogen-bond acceptors (Lipinski definition) is 2. The summed E-state index contributed by atoms with van der Waals surface area (Å²) in [7, 11) is 0. The van der Waals surface area contributed by atoms with Crippen LogP contribution in [0.1, 0.15) is 30.5 Å². The third kappa shape index (κ3) is 4.71. The van der Waals surface area contributed by atoms with Crippen molar-refractivity contribution in [1.29, 1.82) is 0 Å². The Morgan fingerprint density at radius 3 is 2.68 bits per heavy atom. The first-order valence-electron chi connectivity index (χ1n) is 8.64. The zero-order valence-electron chi connectivity index (χ0n) is 14.4. The normalized spacial score (nSPS) is 15.6. The van der Waals surface area contributed by atoms with Crippen LogP contribution in [0.4, 0.5) is 0 Å². The highest BCUT2D eigenvalue weighted by atomic mass is 35.5. The van der Waals surface area contributed by atoms with Gasteiger partial charge in [-0.1, -0.05) is 60.1 Å². The van der Waals surface area contributed by atoms with Crippen molar-refractivity contribution < 1.29 is 4.79 Å². The highest BCUT2D eigenvalue weighted by Crippen LogP contribution is 2.22. The highest BCUT2D eigenvalue weighted by Gasteiger charge is 2.18. The van der Waals surface area contributed by atoms with Gasteiger partial charge in [0.1, 0.15) is 0 Å². The van der Waals surface area contributed by atoms with Crippen LogP contribution in [0.2, 0.25) is 5.02 Å².